The van der Waals surface area contributed by atoms with Gasteiger partial charge in [-0.1, -0.05) is 55.0 Å². The molecule has 1 fully saturated rings. The average molecular weight is 575 g/mol. The summed E-state index contributed by atoms with van der Waals surface area (Å²) in [6, 6.07) is 31.4. The normalized spacial score (nSPS) is 17.8. The molecule has 4 heteroatoms. The van der Waals surface area contributed by atoms with Crippen LogP contribution < -0.4 is 9.64 Å². The third-order valence-electron chi connectivity index (χ3n) is 7.15. The number of carbonyl (C=O) groups excluding carboxylic acids is 1. The van der Waals surface area contributed by atoms with Crippen LogP contribution in [0.3, 0.4) is 0 Å². The Labute approximate surface area is 221 Å². The van der Waals surface area contributed by atoms with Crippen LogP contribution in [0.1, 0.15) is 54.4 Å². The number of hydrogen-bond donors (Lipinski definition) is 0. The second-order valence-electron chi connectivity index (χ2n) is 9.27. The molecule has 178 valence electrons. The number of nitrogens with zero attached hydrogens (tertiary/aromatic N) is 1. The first kappa shape index (κ1) is 23.9. The van der Waals surface area contributed by atoms with Crippen molar-refractivity contribution < 1.29 is 9.53 Å². The van der Waals surface area contributed by atoms with Crippen molar-refractivity contribution in [3.05, 3.63) is 106 Å². The average Bonchev–Trinajstić information content (AvgIpc) is 2.91. The van der Waals surface area contributed by atoms with E-state index in [9.17, 15) is 4.79 Å². The van der Waals surface area contributed by atoms with Crippen LogP contribution in [0.5, 0.6) is 5.75 Å². The van der Waals surface area contributed by atoms with Crippen LogP contribution in [0.2, 0.25) is 0 Å². The van der Waals surface area contributed by atoms with Gasteiger partial charge in [0.05, 0.1) is 5.56 Å². The van der Waals surface area contributed by atoms with E-state index in [0.29, 0.717) is 23.3 Å². The molecule has 1 aliphatic rings. The summed E-state index contributed by atoms with van der Waals surface area (Å²) < 4.78 is 6.65. The van der Waals surface area contributed by atoms with Crippen LogP contribution >= 0.6 is 22.6 Å². The summed E-state index contributed by atoms with van der Waals surface area (Å²) in [6.07, 6.45) is 4.75. The van der Waals surface area contributed by atoms with Gasteiger partial charge in [0, 0.05) is 27.2 Å². The quantitative estimate of drug-likeness (QED) is 0.132. The zero-order chi connectivity index (χ0) is 24.2. The Hall–Kier alpha value is -2.86. The number of ether oxygens (including phenoxy) is 1. The molecule has 4 aromatic carbocycles. The van der Waals surface area contributed by atoms with E-state index in [2.05, 4.69) is 89.0 Å². The molecule has 0 spiro atoms. The van der Waals surface area contributed by atoms with Crippen molar-refractivity contribution in [2.24, 2.45) is 0 Å². The lowest BCUT2D eigenvalue weighted by Gasteiger charge is -2.39. The van der Waals surface area contributed by atoms with Crippen molar-refractivity contribution in [1.29, 1.82) is 0 Å². The maximum atomic E-state index is 12.6. The Balaban J connectivity index is 1.30. The molecule has 4 aromatic rings. The van der Waals surface area contributed by atoms with Gasteiger partial charge < -0.3 is 9.64 Å². The van der Waals surface area contributed by atoms with Crippen LogP contribution in [0.4, 0.5) is 5.69 Å². The molecule has 2 unspecified atom stereocenters. The number of anilines is 1. The van der Waals surface area contributed by atoms with Gasteiger partial charge in [0.2, 0.25) is 0 Å². The van der Waals surface area contributed by atoms with E-state index < -0.39 is 0 Å². The molecule has 0 amide bonds. The molecule has 2 atom stereocenters. The Bertz CT molecular complexity index is 1290. The molecule has 0 bridgehead atoms. The number of halogens is 1. The van der Waals surface area contributed by atoms with E-state index in [1.807, 2.05) is 36.4 Å². The predicted molar refractivity (Wildman–Crippen MR) is 153 cm³/mol. The molecule has 1 saturated carbocycles. The minimum absolute atomic E-state index is 0.313. The summed E-state index contributed by atoms with van der Waals surface area (Å²) in [6.45, 7) is 3.26. The minimum atomic E-state index is -0.313. The summed E-state index contributed by atoms with van der Waals surface area (Å²) >= 11 is 2.24. The van der Waals surface area contributed by atoms with Crippen molar-refractivity contribution >= 4 is 45.0 Å². The fourth-order valence-corrected chi connectivity index (χ4v) is 5.75. The van der Waals surface area contributed by atoms with Crippen LogP contribution in [0.25, 0.3) is 10.8 Å². The molecule has 1 aliphatic carbocycles. The molecule has 5 rings (SSSR count). The Morgan fingerprint density at radius 3 is 2.43 bits per heavy atom. The number of esters is 1. The number of hydrogen-bond acceptors (Lipinski definition) is 3. The van der Waals surface area contributed by atoms with Gasteiger partial charge in [-0.2, -0.15) is 0 Å². The number of fused-ring (bicyclic) bond motifs is 1. The van der Waals surface area contributed by atoms with E-state index in [0.717, 1.165) is 16.5 Å². The first-order chi connectivity index (χ1) is 17.1. The maximum Gasteiger partial charge on any atom is 0.343 e. The maximum absolute atomic E-state index is 12.6. The summed E-state index contributed by atoms with van der Waals surface area (Å²) in [5.74, 6) is 0.758. The minimum Gasteiger partial charge on any atom is -0.423 e. The van der Waals surface area contributed by atoms with E-state index in [1.54, 1.807) is 0 Å². The third-order valence-corrected chi connectivity index (χ3v) is 7.87. The van der Waals surface area contributed by atoms with Gasteiger partial charge in [-0.05, 0) is 108 Å². The van der Waals surface area contributed by atoms with Gasteiger partial charge in [-0.25, -0.2) is 4.79 Å². The van der Waals surface area contributed by atoms with Crippen LogP contribution in [0.15, 0.2) is 91.0 Å². The molecule has 0 aliphatic heterocycles. The van der Waals surface area contributed by atoms with Crippen LogP contribution in [-0.4, -0.2) is 18.6 Å². The van der Waals surface area contributed by atoms with Gasteiger partial charge in [0.25, 0.3) is 0 Å². The molecule has 0 heterocycles. The molecule has 0 radical (unpaired) electrons. The van der Waals surface area contributed by atoms with E-state index in [4.69, 9.17) is 4.74 Å². The molecular formula is C31H30INO2. The Kier molecular flexibility index (Phi) is 7.37. The van der Waals surface area contributed by atoms with Crippen molar-refractivity contribution in [1.82, 2.24) is 0 Å². The first-order valence-corrected chi connectivity index (χ1v) is 13.5. The monoisotopic (exact) mass is 575 g/mol. The summed E-state index contributed by atoms with van der Waals surface area (Å²) in [7, 11) is 0. The highest BCUT2D eigenvalue weighted by Crippen LogP contribution is 2.38. The van der Waals surface area contributed by atoms with E-state index in [-0.39, 0.29) is 5.97 Å². The lowest BCUT2D eigenvalue weighted by Crippen LogP contribution is -2.38. The van der Waals surface area contributed by atoms with Gasteiger partial charge in [-0.3, -0.25) is 0 Å². The van der Waals surface area contributed by atoms with Crippen molar-refractivity contribution in [2.75, 3.05) is 11.4 Å². The van der Waals surface area contributed by atoms with Crippen LogP contribution in [0, 0.1) is 3.57 Å². The lowest BCUT2D eigenvalue weighted by molar-refractivity contribution is 0.0734. The van der Waals surface area contributed by atoms with Crippen LogP contribution in [-0.2, 0) is 0 Å². The van der Waals surface area contributed by atoms with Gasteiger partial charge in [-0.15, -0.1) is 0 Å². The van der Waals surface area contributed by atoms with Crippen molar-refractivity contribution in [3.63, 3.8) is 0 Å². The first-order valence-electron chi connectivity index (χ1n) is 12.4. The number of carbonyl (C=O) groups is 1. The molecule has 35 heavy (non-hydrogen) atoms. The third kappa shape index (κ3) is 5.37. The largest absolute Gasteiger partial charge is 0.423 e. The highest BCUT2D eigenvalue weighted by molar-refractivity contribution is 14.1. The molecular weight excluding hydrogens is 545 g/mol. The zero-order valence-corrected chi connectivity index (χ0v) is 22.1. The highest BCUT2D eigenvalue weighted by atomic mass is 127. The Morgan fingerprint density at radius 1 is 0.914 bits per heavy atom. The van der Waals surface area contributed by atoms with Crippen molar-refractivity contribution in [2.45, 2.75) is 44.6 Å². The summed E-state index contributed by atoms with van der Waals surface area (Å²) in [5.41, 5.74) is 3.24. The van der Waals surface area contributed by atoms with E-state index >= 15 is 0 Å². The van der Waals surface area contributed by atoms with Crippen molar-refractivity contribution in [3.8, 4) is 5.75 Å². The lowest BCUT2D eigenvalue weighted by atomic mass is 9.80. The summed E-state index contributed by atoms with van der Waals surface area (Å²) in [5, 5.41) is 2.62. The molecule has 0 aromatic heterocycles. The smallest absolute Gasteiger partial charge is 0.343 e. The molecule has 3 nitrogen and oxygen atoms in total. The van der Waals surface area contributed by atoms with Gasteiger partial charge >= 0.3 is 5.97 Å². The summed E-state index contributed by atoms with van der Waals surface area (Å²) in [4.78, 5) is 15.2. The second kappa shape index (κ2) is 10.8. The van der Waals surface area contributed by atoms with Gasteiger partial charge in [0.1, 0.15) is 5.75 Å². The topological polar surface area (TPSA) is 29.5 Å². The molecule has 0 saturated heterocycles. The second-order valence-corrected chi connectivity index (χ2v) is 10.5. The fraction of sp³-hybridized carbons (Fsp3) is 0.258. The SMILES string of the molecule is CCN(c1cccc2ccccc12)C1CCCC(c2ccc(C(=O)Oc3ccc(I)cc3)cc2)C1. The standard InChI is InChI=1S/C31H30INO2/c1-2-33(30-12-6-8-23-7-3-4-11-29(23)30)27-10-5-9-25(21-27)22-13-15-24(16-14-22)31(34)35-28-19-17-26(32)18-20-28/h3-4,6-8,11-20,25,27H,2,5,9-10,21H2,1H3. The number of rotatable bonds is 6. The highest BCUT2D eigenvalue weighted by Gasteiger charge is 2.28. The molecule has 0 N–H and O–H groups in total. The predicted octanol–water partition coefficient (Wildman–Crippen LogP) is 8.22. The van der Waals surface area contributed by atoms with Gasteiger partial charge in [0.15, 0.2) is 0 Å². The number of benzene rings is 4. The Morgan fingerprint density at radius 2 is 1.66 bits per heavy atom. The fourth-order valence-electron chi connectivity index (χ4n) is 5.39. The van der Waals surface area contributed by atoms with E-state index in [1.165, 1.54) is 41.3 Å². The zero-order valence-electron chi connectivity index (χ0n) is 20.0.